The minimum Gasteiger partial charge on any atom is -0.507 e. The number of amides is 2. The third-order valence-electron chi connectivity index (χ3n) is 4.83. The van der Waals surface area contributed by atoms with Crippen LogP contribution < -0.4 is 15.4 Å². The molecule has 152 valence electrons. The minimum atomic E-state index is -0.667. The average Bonchev–Trinajstić information content (AvgIpc) is 2.72. The SMILES string of the molecule is CCC(=O)Nc1cc2c(cc1OC)[C@H](c1ccc(O)c(C(=O)OC)c1)CC(=O)N2. The van der Waals surface area contributed by atoms with Crippen molar-refractivity contribution in [3.63, 3.8) is 0 Å². The van der Waals surface area contributed by atoms with Crippen LogP contribution in [0.4, 0.5) is 11.4 Å². The Kier molecular flexibility index (Phi) is 5.72. The van der Waals surface area contributed by atoms with E-state index in [1.807, 2.05) is 0 Å². The molecule has 0 aliphatic carbocycles. The Labute approximate surface area is 167 Å². The van der Waals surface area contributed by atoms with Gasteiger partial charge in [0.1, 0.15) is 17.1 Å². The lowest BCUT2D eigenvalue weighted by Gasteiger charge is -2.28. The Morgan fingerprint density at radius 1 is 1.24 bits per heavy atom. The number of esters is 1. The molecule has 3 N–H and O–H groups in total. The van der Waals surface area contributed by atoms with Crippen molar-refractivity contribution >= 4 is 29.2 Å². The number of methoxy groups -OCH3 is 2. The minimum absolute atomic E-state index is 0.0244. The van der Waals surface area contributed by atoms with Crippen molar-refractivity contribution in [3.8, 4) is 11.5 Å². The molecule has 0 unspecified atom stereocenters. The van der Waals surface area contributed by atoms with E-state index in [4.69, 9.17) is 9.47 Å². The van der Waals surface area contributed by atoms with Crippen LogP contribution in [0.2, 0.25) is 0 Å². The number of phenolic OH excluding ortho intramolecular Hbond substituents is 1. The van der Waals surface area contributed by atoms with Gasteiger partial charge in [-0.25, -0.2) is 4.79 Å². The number of carbonyl (C=O) groups is 3. The Morgan fingerprint density at radius 2 is 2.00 bits per heavy atom. The Bertz CT molecular complexity index is 985. The molecule has 29 heavy (non-hydrogen) atoms. The summed E-state index contributed by atoms with van der Waals surface area (Å²) in [5.41, 5.74) is 2.48. The molecule has 0 radical (unpaired) electrons. The van der Waals surface area contributed by atoms with E-state index in [-0.39, 0.29) is 35.5 Å². The van der Waals surface area contributed by atoms with E-state index in [0.29, 0.717) is 29.1 Å². The highest BCUT2D eigenvalue weighted by molar-refractivity contribution is 5.99. The molecule has 2 amide bonds. The van der Waals surface area contributed by atoms with Gasteiger partial charge in [-0.2, -0.15) is 0 Å². The third kappa shape index (κ3) is 4.01. The molecule has 0 bridgehead atoms. The fourth-order valence-corrected chi connectivity index (χ4v) is 3.34. The second-order valence-corrected chi connectivity index (χ2v) is 6.61. The standard InChI is InChI=1S/C21H22N2O6/c1-4-19(25)23-16-10-15-13(8-18(16)28-2)12(9-20(26)22-15)11-5-6-17(24)14(7-11)21(27)29-3/h5-8,10,12,24H,4,9H2,1-3H3,(H,22,26)(H,23,25)/t12-/m0/s1. The lowest BCUT2D eigenvalue weighted by Crippen LogP contribution is -2.24. The van der Waals surface area contributed by atoms with E-state index < -0.39 is 5.97 Å². The summed E-state index contributed by atoms with van der Waals surface area (Å²) in [6.07, 6.45) is 0.460. The van der Waals surface area contributed by atoms with Crippen molar-refractivity contribution in [3.05, 3.63) is 47.0 Å². The first-order valence-electron chi connectivity index (χ1n) is 9.10. The van der Waals surface area contributed by atoms with Crippen molar-refractivity contribution in [1.29, 1.82) is 0 Å². The van der Waals surface area contributed by atoms with Crippen molar-refractivity contribution in [2.24, 2.45) is 0 Å². The molecule has 0 aromatic heterocycles. The van der Waals surface area contributed by atoms with Crippen molar-refractivity contribution in [2.75, 3.05) is 24.9 Å². The first-order chi connectivity index (χ1) is 13.9. The van der Waals surface area contributed by atoms with Crippen molar-refractivity contribution < 1.29 is 29.0 Å². The van der Waals surface area contributed by atoms with Crippen molar-refractivity contribution in [2.45, 2.75) is 25.7 Å². The summed E-state index contributed by atoms with van der Waals surface area (Å²) in [6, 6.07) is 8.01. The van der Waals surface area contributed by atoms with Crippen LogP contribution >= 0.6 is 0 Å². The van der Waals surface area contributed by atoms with Gasteiger partial charge in [-0.05, 0) is 35.4 Å². The summed E-state index contributed by atoms with van der Waals surface area (Å²) in [6.45, 7) is 1.74. The largest absolute Gasteiger partial charge is 0.507 e. The number of anilines is 2. The molecule has 1 heterocycles. The second-order valence-electron chi connectivity index (χ2n) is 6.61. The van der Waals surface area contributed by atoms with Gasteiger partial charge >= 0.3 is 5.97 Å². The summed E-state index contributed by atoms with van der Waals surface area (Å²) in [5.74, 6) is -1.15. The highest BCUT2D eigenvalue weighted by atomic mass is 16.5. The molecule has 1 atom stereocenters. The predicted octanol–water partition coefficient (Wildman–Crippen LogP) is 3.01. The first-order valence-corrected chi connectivity index (χ1v) is 9.10. The zero-order valence-electron chi connectivity index (χ0n) is 16.4. The quantitative estimate of drug-likeness (QED) is 0.667. The van der Waals surface area contributed by atoms with E-state index in [1.165, 1.54) is 26.4 Å². The van der Waals surface area contributed by atoms with E-state index in [1.54, 1.807) is 25.1 Å². The van der Waals surface area contributed by atoms with E-state index >= 15 is 0 Å². The molecular formula is C21H22N2O6. The van der Waals surface area contributed by atoms with Crippen molar-refractivity contribution in [1.82, 2.24) is 0 Å². The number of hydrogen-bond acceptors (Lipinski definition) is 6. The third-order valence-corrected chi connectivity index (χ3v) is 4.83. The highest BCUT2D eigenvalue weighted by Crippen LogP contribution is 2.43. The van der Waals surface area contributed by atoms with Gasteiger partial charge in [-0.15, -0.1) is 0 Å². The molecule has 2 aromatic rings. The van der Waals surface area contributed by atoms with Crippen LogP contribution in [0.5, 0.6) is 11.5 Å². The number of fused-ring (bicyclic) bond motifs is 1. The van der Waals surface area contributed by atoms with Crippen LogP contribution in [0.25, 0.3) is 0 Å². The summed E-state index contributed by atoms with van der Waals surface area (Å²) < 4.78 is 10.1. The summed E-state index contributed by atoms with van der Waals surface area (Å²) >= 11 is 0. The van der Waals surface area contributed by atoms with Crippen LogP contribution in [0.3, 0.4) is 0 Å². The maximum absolute atomic E-state index is 12.3. The number of benzene rings is 2. The molecule has 2 aromatic carbocycles. The lowest BCUT2D eigenvalue weighted by molar-refractivity contribution is -0.117. The number of hydrogen-bond donors (Lipinski definition) is 3. The monoisotopic (exact) mass is 398 g/mol. The van der Waals surface area contributed by atoms with E-state index in [9.17, 15) is 19.5 Å². The predicted molar refractivity (Wildman–Crippen MR) is 106 cm³/mol. The van der Waals surface area contributed by atoms with Gasteiger partial charge < -0.3 is 25.2 Å². The fraction of sp³-hybridized carbons (Fsp3) is 0.286. The molecule has 1 aliphatic rings. The van der Waals surface area contributed by atoms with E-state index in [0.717, 1.165) is 5.56 Å². The zero-order chi connectivity index (χ0) is 21.1. The van der Waals surface area contributed by atoms with E-state index in [2.05, 4.69) is 10.6 Å². The number of aromatic hydroxyl groups is 1. The van der Waals surface area contributed by atoms with Crippen LogP contribution in [0, 0.1) is 0 Å². The van der Waals surface area contributed by atoms with Gasteiger partial charge in [0.15, 0.2) is 0 Å². The van der Waals surface area contributed by atoms with Gasteiger partial charge in [-0.1, -0.05) is 13.0 Å². The Morgan fingerprint density at radius 3 is 2.66 bits per heavy atom. The maximum atomic E-state index is 12.3. The number of rotatable bonds is 5. The Hall–Kier alpha value is -3.55. The van der Waals surface area contributed by atoms with Crippen LogP contribution in [-0.4, -0.2) is 37.1 Å². The smallest absolute Gasteiger partial charge is 0.341 e. The molecule has 8 nitrogen and oxygen atoms in total. The molecule has 0 saturated heterocycles. The lowest BCUT2D eigenvalue weighted by atomic mass is 9.83. The van der Waals surface area contributed by atoms with Gasteiger partial charge in [0.2, 0.25) is 11.8 Å². The topological polar surface area (TPSA) is 114 Å². The van der Waals surface area contributed by atoms with Crippen LogP contribution in [0.15, 0.2) is 30.3 Å². The van der Waals surface area contributed by atoms with Gasteiger partial charge in [-0.3, -0.25) is 9.59 Å². The molecule has 1 aliphatic heterocycles. The van der Waals surface area contributed by atoms with Gasteiger partial charge in [0.25, 0.3) is 0 Å². The number of carbonyl (C=O) groups excluding carboxylic acids is 3. The summed E-state index contributed by atoms with van der Waals surface area (Å²) in [7, 11) is 2.73. The Balaban J connectivity index is 2.09. The molecule has 8 heteroatoms. The fourth-order valence-electron chi connectivity index (χ4n) is 3.34. The van der Waals surface area contributed by atoms with Crippen LogP contribution in [0.1, 0.15) is 47.2 Å². The number of nitrogens with one attached hydrogen (secondary N) is 2. The van der Waals surface area contributed by atoms with Gasteiger partial charge in [0.05, 0.1) is 19.9 Å². The van der Waals surface area contributed by atoms with Gasteiger partial charge in [0, 0.05) is 24.4 Å². The normalized spacial score (nSPS) is 15.1. The first kappa shape index (κ1) is 20.2. The zero-order valence-corrected chi connectivity index (χ0v) is 16.4. The number of phenols is 1. The second kappa shape index (κ2) is 8.22. The number of ether oxygens (including phenoxy) is 2. The molecular weight excluding hydrogens is 376 g/mol. The summed E-state index contributed by atoms with van der Waals surface area (Å²) in [5, 5.41) is 15.5. The van der Waals surface area contributed by atoms with Crippen LogP contribution in [-0.2, 0) is 14.3 Å². The molecule has 0 fully saturated rings. The highest BCUT2D eigenvalue weighted by Gasteiger charge is 2.29. The molecule has 3 rings (SSSR count). The maximum Gasteiger partial charge on any atom is 0.341 e. The summed E-state index contributed by atoms with van der Waals surface area (Å²) in [4.78, 5) is 36.1. The average molecular weight is 398 g/mol. The molecule has 0 spiro atoms. The molecule has 0 saturated carbocycles.